The number of rotatable bonds is 9. The van der Waals surface area contributed by atoms with Gasteiger partial charge in [0.05, 0.1) is 22.9 Å². The van der Waals surface area contributed by atoms with Crippen molar-refractivity contribution >= 4 is 50.8 Å². The Labute approximate surface area is 362 Å². The van der Waals surface area contributed by atoms with Crippen molar-refractivity contribution in [1.29, 1.82) is 0 Å². The fourth-order valence-corrected chi connectivity index (χ4v) is 11.1. The summed E-state index contributed by atoms with van der Waals surface area (Å²) in [6.07, 6.45) is 11.5. The van der Waals surface area contributed by atoms with Crippen LogP contribution in [0.2, 0.25) is 0 Å². The highest BCUT2D eigenvalue weighted by molar-refractivity contribution is 7.91. The van der Waals surface area contributed by atoms with Gasteiger partial charge in [0.15, 0.2) is 5.75 Å². The van der Waals surface area contributed by atoms with Crippen LogP contribution in [0, 0.1) is 17.8 Å². The van der Waals surface area contributed by atoms with Gasteiger partial charge in [0.2, 0.25) is 27.7 Å². The summed E-state index contributed by atoms with van der Waals surface area (Å²) in [4.78, 5) is 76.6. The summed E-state index contributed by atoms with van der Waals surface area (Å²) in [6, 6.07) is 4.85. The van der Waals surface area contributed by atoms with E-state index in [4.69, 9.17) is 19.2 Å². The van der Waals surface area contributed by atoms with Crippen molar-refractivity contribution in [3.05, 3.63) is 54.6 Å². The van der Waals surface area contributed by atoms with Crippen LogP contribution in [0.4, 0.5) is 9.59 Å². The van der Waals surface area contributed by atoms with Crippen molar-refractivity contribution in [3.8, 4) is 11.6 Å². The van der Waals surface area contributed by atoms with Crippen molar-refractivity contribution < 1.29 is 46.6 Å². The Bertz CT molecular complexity index is 2240. The minimum absolute atomic E-state index is 0.0339. The van der Waals surface area contributed by atoms with E-state index in [1.807, 2.05) is 38.1 Å². The van der Waals surface area contributed by atoms with Crippen LogP contribution in [0.3, 0.4) is 0 Å². The van der Waals surface area contributed by atoms with Gasteiger partial charge in [0.1, 0.15) is 29.8 Å². The maximum Gasteiger partial charge on any atom is 0.412 e. The molecule has 4 aliphatic carbocycles. The zero-order chi connectivity index (χ0) is 43.8. The van der Waals surface area contributed by atoms with Crippen LogP contribution in [0.15, 0.2) is 49.1 Å². The summed E-state index contributed by atoms with van der Waals surface area (Å²) in [5.41, 5.74) is -0.587. The third-order valence-electron chi connectivity index (χ3n) is 13.3. The van der Waals surface area contributed by atoms with Crippen LogP contribution in [0.1, 0.15) is 103 Å². The van der Waals surface area contributed by atoms with Crippen molar-refractivity contribution in [1.82, 2.24) is 30.6 Å². The molecular weight excluding hydrogens is 817 g/mol. The number of amides is 5. The highest BCUT2D eigenvalue weighted by Crippen LogP contribution is 2.46. The van der Waals surface area contributed by atoms with Crippen molar-refractivity contribution in [2.45, 2.75) is 145 Å². The molecule has 6 aliphatic rings. The Balaban J connectivity index is 1.17. The Morgan fingerprint density at radius 3 is 2.48 bits per heavy atom. The number of nitrogens with one attached hydrogen (secondary N) is 4. The molecule has 1 aromatic carbocycles. The minimum atomic E-state index is -3.94. The molecule has 0 radical (unpaired) electrons. The number of para-hydroxylation sites is 1. The van der Waals surface area contributed by atoms with Crippen LogP contribution < -0.4 is 30.1 Å². The van der Waals surface area contributed by atoms with E-state index in [1.165, 1.54) is 11.0 Å². The molecule has 2 aromatic rings. The van der Waals surface area contributed by atoms with E-state index in [0.29, 0.717) is 55.0 Å². The fourth-order valence-electron chi connectivity index (χ4n) is 9.77. The first-order chi connectivity index (χ1) is 29.8. The number of nitrogens with zero attached hydrogens (tertiary/aromatic N) is 2. The van der Waals surface area contributed by atoms with Gasteiger partial charge in [0, 0.05) is 23.8 Å². The van der Waals surface area contributed by atoms with E-state index in [-0.39, 0.29) is 61.4 Å². The second-order valence-corrected chi connectivity index (χ2v) is 20.1. The number of pyridine rings is 1. The predicted octanol–water partition coefficient (Wildman–Crippen LogP) is 5.10. The first kappa shape index (κ1) is 43.5. The molecular formula is C45H58N6O10S. The summed E-state index contributed by atoms with van der Waals surface area (Å²) in [5.74, 6) is -2.21. The second kappa shape index (κ2) is 17.9. The van der Waals surface area contributed by atoms with Gasteiger partial charge in [-0.15, -0.1) is 6.58 Å². The molecule has 16 nitrogen and oxygen atoms in total. The second-order valence-electron chi connectivity index (χ2n) is 18.1. The first-order valence-electron chi connectivity index (χ1n) is 22.3. The number of sulfonamides is 1. The van der Waals surface area contributed by atoms with Gasteiger partial charge in [-0.05, 0) is 108 Å². The summed E-state index contributed by atoms with van der Waals surface area (Å²) in [7, 11) is -3.94. The Morgan fingerprint density at radius 2 is 1.76 bits per heavy atom. The summed E-state index contributed by atoms with van der Waals surface area (Å²) < 4.78 is 46.8. The Kier molecular flexibility index (Phi) is 12.5. The molecule has 62 heavy (non-hydrogen) atoms. The molecule has 4 saturated carbocycles. The third kappa shape index (κ3) is 9.27. The van der Waals surface area contributed by atoms with E-state index < -0.39 is 74.8 Å². The van der Waals surface area contributed by atoms with Crippen LogP contribution >= 0.6 is 0 Å². The molecule has 2 aliphatic heterocycles. The molecule has 5 amide bonds. The molecule has 1 aromatic heterocycles. The third-order valence-corrected chi connectivity index (χ3v) is 15.1. The maximum absolute atomic E-state index is 15.0. The average molecular weight is 875 g/mol. The molecule has 0 unspecified atom stereocenters. The lowest BCUT2D eigenvalue weighted by molar-refractivity contribution is -0.142. The summed E-state index contributed by atoms with van der Waals surface area (Å²) in [6.45, 7) is 7.39. The number of aromatic nitrogens is 1. The average Bonchev–Trinajstić information content (AvgIpc) is 4.02. The van der Waals surface area contributed by atoms with Gasteiger partial charge < -0.3 is 35.1 Å². The van der Waals surface area contributed by atoms with E-state index >= 15 is 4.79 Å². The van der Waals surface area contributed by atoms with Crippen LogP contribution in [0.5, 0.6) is 11.6 Å². The molecule has 334 valence electrons. The predicted molar refractivity (Wildman–Crippen MR) is 228 cm³/mol. The molecule has 2 bridgehead atoms. The van der Waals surface area contributed by atoms with Gasteiger partial charge in [0.25, 0.3) is 5.91 Å². The van der Waals surface area contributed by atoms with Crippen molar-refractivity contribution in [2.75, 3.05) is 6.54 Å². The van der Waals surface area contributed by atoms with Gasteiger partial charge in [-0.1, -0.05) is 43.2 Å². The number of carbonyl (C=O) groups is 5. The Hall–Kier alpha value is -5.19. The topological polar surface area (TPSA) is 211 Å². The van der Waals surface area contributed by atoms with Gasteiger partial charge >= 0.3 is 12.2 Å². The molecule has 1 saturated heterocycles. The van der Waals surface area contributed by atoms with Crippen molar-refractivity contribution in [2.24, 2.45) is 17.8 Å². The quantitative estimate of drug-likeness (QED) is 0.244. The number of ether oxygens (including phenoxy) is 3. The van der Waals surface area contributed by atoms with Crippen molar-refractivity contribution in [3.63, 3.8) is 0 Å². The van der Waals surface area contributed by atoms with Crippen LogP contribution in [-0.2, 0) is 35.6 Å². The first-order valence-corrected chi connectivity index (χ1v) is 23.8. The number of fused-ring (bicyclic) bond motifs is 5. The summed E-state index contributed by atoms with van der Waals surface area (Å²) >= 11 is 0. The van der Waals surface area contributed by atoms with Crippen LogP contribution in [-0.4, -0.2) is 95.9 Å². The highest BCUT2D eigenvalue weighted by Gasteiger charge is 2.62. The molecule has 7 atom stereocenters. The monoisotopic (exact) mass is 874 g/mol. The van der Waals surface area contributed by atoms with E-state index in [2.05, 4.69) is 33.3 Å². The molecule has 4 N–H and O–H groups in total. The van der Waals surface area contributed by atoms with Gasteiger partial charge in [-0.3, -0.25) is 19.1 Å². The molecule has 3 heterocycles. The Morgan fingerprint density at radius 1 is 1.00 bits per heavy atom. The van der Waals surface area contributed by atoms with E-state index in [9.17, 15) is 27.6 Å². The fraction of sp³-hybridized carbons (Fsp3) is 0.600. The largest absolute Gasteiger partial charge is 0.472 e. The lowest BCUT2D eigenvalue weighted by Crippen LogP contribution is -2.59. The zero-order valence-electron chi connectivity index (χ0n) is 35.4. The molecule has 8 rings (SSSR count). The maximum atomic E-state index is 15.0. The molecule has 5 fully saturated rings. The normalized spacial score (nSPS) is 29.8. The number of allylic oxidation sites excluding steroid dienone is 2. The highest BCUT2D eigenvalue weighted by atomic mass is 32.2. The number of hydrogen-bond acceptors (Lipinski definition) is 11. The standard InChI is InChI=1S/C45H58N6O10S/c1-4-29-24-45(29,42(54)50-62(57,58)31-21-22-31)49-39(52)35-23-30-25-51(35)41(53)37(28-14-8-9-15-28)48-44(56)60-36-20-12-16-27(36)13-6-5-7-18-33-38(61-43(55)46-26(2)3)32-17-10-11-19-34(32)47-40(33)59-30/h4-5,7,10-11,17,19,26-31,35-37H,1,6,8-9,12-16,18,20-25H2,2-3H3,(H,46,55)(H,48,56)(H,49,52)(H,50,54)/b7-5+/t27-,29-,30-,35+,36-,37+,45-/m1/s1. The zero-order valence-corrected chi connectivity index (χ0v) is 36.3. The van der Waals surface area contributed by atoms with Gasteiger partial charge in [-0.2, -0.15) is 0 Å². The minimum Gasteiger partial charge on any atom is -0.472 e. The SMILES string of the molecule is C=C[C@@H]1C[C@]1(NC(=O)[C@@H]1C[C@@H]2CN1C(=O)[C@H](C1CCCC1)NC(=O)O[C@@H]1CCC[C@H]1CC/C=C/Cc1c(nc3ccccc3c1OC(=O)NC(C)C)O2)C(=O)NS(=O)(=O)C1CC1. The van der Waals surface area contributed by atoms with Gasteiger partial charge in [-0.25, -0.2) is 23.0 Å². The molecule has 0 spiro atoms. The molecule has 17 heteroatoms. The lowest BCUT2D eigenvalue weighted by atomic mass is 9.96. The number of benzene rings is 1. The number of carbonyl (C=O) groups excluding carboxylic acids is 5. The van der Waals surface area contributed by atoms with Crippen LogP contribution in [0.25, 0.3) is 10.9 Å². The lowest BCUT2D eigenvalue weighted by Gasteiger charge is -2.32. The van der Waals surface area contributed by atoms with E-state index in [1.54, 1.807) is 6.07 Å². The smallest absolute Gasteiger partial charge is 0.412 e. The number of hydrogen-bond donors (Lipinski definition) is 4. The summed E-state index contributed by atoms with van der Waals surface area (Å²) in [5, 5.41) is 8.50. The number of alkyl carbamates (subject to hydrolysis) is 1. The van der Waals surface area contributed by atoms with E-state index in [0.717, 1.165) is 32.1 Å².